The van der Waals surface area contributed by atoms with Crippen LogP contribution < -0.4 is 5.32 Å². The van der Waals surface area contributed by atoms with Gasteiger partial charge >= 0.3 is 0 Å². The monoisotopic (exact) mass is 405 g/mol. The minimum atomic E-state index is -3.46. The first-order chi connectivity index (χ1) is 13.0. The number of nitrogens with zero attached hydrogens (tertiary/aromatic N) is 2. The number of carbonyl (C=O) groups excluding carboxylic acids is 1. The SMILES string of the molecule is CC(Sc1ccc(S(=O)(=O)N2CCCC2)cn1)C(=O)NCc1ccccc1. The minimum absolute atomic E-state index is 0.0839. The highest BCUT2D eigenvalue weighted by molar-refractivity contribution is 8.00. The van der Waals surface area contributed by atoms with Crippen LogP contribution in [0.3, 0.4) is 0 Å². The van der Waals surface area contributed by atoms with Gasteiger partial charge in [-0.05, 0) is 37.5 Å². The van der Waals surface area contributed by atoms with Gasteiger partial charge in [0.2, 0.25) is 15.9 Å². The van der Waals surface area contributed by atoms with Gasteiger partial charge in [0.25, 0.3) is 0 Å². The third kappa shape index (κ3) is 5.09. The summed E-state index contributed by atoms with van der Waals surface area (Å²) >= 11 is 1.31. The number of amides is 1. The molecule has 144 valence electrons. The van der Waals surface area contributed by atoms with Gasteiger partial charge in [-0.15, -0.1) is 0 Å². The molecule has 1 unspecified atom stereocenters. The van der Waals surface area contributed by atoms with Crippen molar-refractivity contribution in [2.24, 2.45) is 0 Å². The molecule has 1 aliphatic heterocycles. The van der Waals surface area contributed by atoms with Crippen molar-refractivity contribution in [2.75, 3.05) is 13.1 Å². The number of carbonyl (C=O) groups is 1. The van der Waals surface area contributed by atoms with E-state index < -0.39 is 10.0 Å². The lowest BCUT2D eigenvalue weighted by atomic mass is 10.2. The summed E-state index contributed by atoms with van der Waals surface area (Å²) < 4.78 is 26.5. The minimum Gasteiger partial charge on any atom is -0.351 e. The highest BCUT2D eigenvalue weighted by Gasteiger charge is 2.27. The van der Waals surface area contributed by atoms with Crippen LogP contribution in [0.2, 0.25) is 0 Å². The second-order valence-electron chi connectivity index (χ2n) is 6.41. The van der Waals surface area contributed by atoms with E-state index in [1.54, 1.807) is 12.1 Å². The maximum Gasteiger partial charge on any atom is 0.244 e. The number of pyridine rings is 1. The lowest BCUT2D eigenvalue weighted by Crippen LogP contribution is -2.30. The molecule has 8 heteroatoms. The second kappa shape index (κ2) is 8.86. The fourth-order valence-electron chi connectivity index (χ4n) is 2.83. The maximum absolute atomic E-state index is 12.5. The number of sulfonamides is 1. The van der Waals surface area contributed by atoms with Gasteiger partial charge in [-0.2, -0.15) is 4.31 Å². The molecule has 1 fully saturated rings. The summed E-state index contributed by atoms with van der Waals surface area (Å²) in [5, 5.41) is 3.19. The summed E-state index contributed by atoms with van der Waals surface area (Å²) in [6.45, 7) is 3.42. The third-order valence-corrected chi connectivity index (χ3v) is 7.32. The van der Waals surface area contributed by atoms with Crippen molar-refractivity contribution in [3.8, 4) is 0 Å². The summed E-state index contributed by atoms with van der Waals surface area (Å²) in [6, 6.07) is 12.9. The molecule has 1 aromatic carbocycles. The van der Waals surface area contributed by atoms with Gasteiger partial charge in [-0.1, -0.05) is 42.1 Å². The topological polar surface area (TPSA) is 79.4 Å². The average molecular weight is 406 g/mol. The normalized spacial score (nSPS) is 16.2. The largest absolute Gasteiger partial charge is 0.351 e. The zero-order chi connectivity index (χ0) is 19.3. The van der Waals surface area contributed by atoms with Gasteiger partial charge in [-0.25, -0.2) is 13.4 Å². The molecule has 1 N–H and O–H groups in total. The van der Waals surface area contributed by atoms with Crippen LogP contribution in [-0.4, -0.2) is 42.0 Å². The van der Waals surface area contributed by atoms with E-state index in [0.29, 0.717) is 24.7 Å². The summed E-state index contributed by atoms with van der Waals surface area (Å²) in [5.41, 5.74) is 1.04. The van der Waals surface area contributed by atoms with E-state index in [2.05, 4.69) is 10.3 Å². The molecule has 1 aliphatic rings. The molecule has 0 bridgehead atoms. The lowest BCUT2D eigenvalue weighted by molar-refractivity contribution is -0.120. The van der Waals surface area contributed by atoms with E-state index in [1.807, 2.05) is 37.3 Å². The Morgan fingerprint density at radius 2 is 1.89 bits per heavy atom. The van der Waals surface area contributed by atoms with E-state index >= 15 is 0 Å². The smallest absolute Gasteiger partial charge is 0.244 e. The molecular formula is C19H23N3O3S2. The van der Waals surface area contributed by atoms with Crippen molar-refractivity contribution in [1.29, 1.82) is 0 Å². The van der Waals surface area contributed by atoms with Gasteiger partial charge in [-0.3, -0.25) is 4.79 Å². The quantitative estimate of drug-likeness (QED) is 0.717. The first-order valence-electron chi connectivity index (χ1n) is 8.91. The second-order valence-corrected chi connectivity index (χ2v) is 9.71. The van der Waals surface area contributed by atoms with Crippen LogP contribution in [0.15, 0.2) is 58.6 Å². The van der Waals surface area contributed by atoms with Gasteiger partial charge in [0.1, 0.15) is 4.90 Å². The van der Waals surface area contributed by atoms with Crippen LogP contribution in [0.25, 0.3) is 0 Å². The molecular weight excluding hydrogens is 382 g/mol. The Balaban J connectivity index is 1.56. The molecule has 27 heavy (non-hydrogen) atoms. The Morgan fingerprint density at radius 3 is 2.52 bits per heavy atom. The molecule has 1 aromatic heterocycles. The van der Waals surface area contributed by atoms with Crippen molar-refractivity contribution in [3.05, 3.63) is 54.2 Å². The van der Waals surface area contributed by atoms with E-state index in [-0.39, 0.29) is 16.1 Å². The summed E-state index contributed by atoms with van der Waals surface area (Å²) in [7, 11) is -3.46. The van der Waals surface area contributed by atoms with E-state index in [4.69, 9.17) is 0 Å². The summed E-state index contributed by atoms with van der Waals surface area (Å²) in [5.74, 6) is -0.0839. The summed E-state index contributed by atoms with van der Waals surface area (Å²) in [4.78, 5) is 16.7. The van der Waals surface area contributed by atoms with Crippen molar-refractivity contribution >= 4 is 27.7 Å². The Bertz CT molecular complexity index is 865. The molecule has 6 nitrogen and oxygen atoms in total. The van der Waals surface area contributed by atoms with Crippen molar-refractivity contribution in [3.63, 3.8) is 0 Å². The Hall–Kier alpha value is -1.90. The highest BCUT2D eigenvalue weighted by Crippen LogP contribution is 2.25. The van der Waals surface area contributed by atoms with Crippen LogP contribution in [0.4, 0.5) is 0 Å². The molecule has 0 radical (unpaired) electrons. The van der Waals surface area contributed by atoms with E-state index in [0.717, 1.165) is 18.4 Å². The fraction of sp³-hybridized carbons (Fsp3) is 0.368. The summed E-state index contributed by atoms with van der Waals surface area (Å²) in [6.07, 6.45) is 3.18. The first-order valence-corrected chi connectivity index (χ1v) is 11.2. The van der Waals surface area contributed by atoms with Crippen LogP contribution in [0.1, 0.15) is 25.3 Å². The standard InChI is InChI=1S/C19H23N3O3S2/c1-15(19(23)21-13-16-7-3-2-4-8-16)26-18-10-9-17(14-20-18)27(24,25)22-11-5-6-12-22/h2-4,7-10,14-15H,5-6,11-13H2,1H3,(H,21,23). The van der Waals surface area contributed by atoms with Gasteiger partial charge in [0.05, 0.1) is 10.3 Å². The molecule has 2 aromatic rings. The molecule has 1 atom stereocenters. The molecule has 2 heterocycles. The number of hydrogen-bond donors (Lipinski definition) is 1. The Kier molecular flexibility index (Phi) is 6.51. The zero-order valence-corrected chi connectivity index (χ0v) is 16.8. The van der Waals surface area contributed by atoms with Gasteiger partial charge in [0.15, 0.2) is 0 Å². The number of rotatable bonds is 7. The Labute approximate surface area is 164 Å². The number of nitrogens with one attached hydrogen (secondary N) is 1. The maximum atomic E-state index is 12.5. The molecule has 0 saturated carbocycles. The van der Waals surface area contributed by atoms with E-state index in [1.165, 1.54) is 22.3 Å². The molecule has 0 aliphatic carbocycles. The number of thioether (sulfide) groups is 1. The highest BCUT2D eigenvalue weighted by atomic mass is 32.2. The fourth-order valence-corrected chi connectivity index (χ4v) is 5.11. The van der Waals surface area contributed by atoms with Crippen LogP contribution in [0.5, 0.6) is 0 Å². The molecule has 1 amide bonds. The van der Waals surface area contributed by atoms with Crippen molar-refractivity contribution in [1.82, 2.24) is 14.6 Å². The number of benzene rings is 1. The third-order valence-electron chi connectivity index (χ3n) is 4.39. The molecule has 0 spiro atoms. The van der Waals surface area contributed by atoms with Crippen LogP contribution >= 0.6 is 11.8 Å². The van der Waals surface area contributed by atoms with Crippen molar-refractivity contribution < 1.29 is 13.2 Å². The van der Waals surface area contributed by atoms with Gasteiger partial charge < -0.3 is 5.32 Å². The lowest BCUT2D eigenvalue weighted by Gasteiger charge is -2.15. The first kappa shape index (κ1) is 19.9. The predicted octanol–water partition coefficient (Wildman–Crippen LogP) is 2.66. The number of hydrogen-bond acceptors (Lipinski definition) is 5. The molecule has 1 saturated heterocycles. The number of aromatic nitrogens is 1. The average Bonchev–Trinajstić information content (AvgIpc) is 3.23. The van der Waals surface area contributed by atoms with Crippen LogP contribution in [0, 0.1) is 0 Å². The van der Waals surface area contributed by atoms with Crippen LogP contribution in [-0.2, 0) is 21.4 Å². The zero-order valence-electron chi connectivity index (χ0n) is 15.2. The molecule has 3 rings (SSSR count). The van der Waals surface area contributed by atoms with Gasteiger partial charge in [0, 0.05) is 25.8 Å². The van der Waals surface area contributed by atoms with Crippen molar-refractivity contribution in [2.45, 2.75) is 41.5 Å². The van der Waals surface area contributed by atoms with E-state index in [9.17, 15) is 13.2 Å². The predicted molar refractivity (Wildman–Crippen MR) is 106 cm³/mol. The Morgan fingerprint density at radius 1 is 1.19 bits per heavy atom.